The molecule has 0 spiro atoms. The van der Waals surface area contributed by atoms with Gasteiger partial charge in [-0.15, -0.1) is 0 Å². The van der Waals surface area contributed by atoms with Crippen molar-refractivity contribution in [1.29, 1.82) is 0 Å². The van der Waals surface area contributed by atoms with Crippen LogP contribution < -0.4 is 14.8 Å². The molecule has 13 heteroatoms. The summed E-state index contributed by atoms with van der Waals surface area (Å²) >= 11 is 3.60. The highest BCUT2D eigenvalue weighted by Gasteiger charge is 2.39. The number of aromatic nitrogens is 3. The zero-order chi connectivity index (χ0) is 30.8. The molecule has 1 unspecified atom stereocenters. The van der Waals surface area contributed by atoms with Gasteiger partial charge in [0.1, 0.15) is 44.7 Å². The highest BCUT2D eigenvalue weighted by atomic mass is 79.9. The summed E-state index contributed by atoms with van der Waals surface area (Å²) in [5.41, 5.74) is 0.243. The van der Waals surface area contributed by atoms with Crippen molar-refractivity contribution in [3.63, 3.8) is 0 Å². The number of fused-ring (bicyclic) bond motifs is 1. The molecule has 1 fully saturated rings. The van der Waals surface area contributed by atoms with Crippen LogP contribution in [0.15, 0.2) is 35.2 Å². The van der Waals surface area contributed by atoms with Gasteiger partial charge in [-0.25, -0.2) is 19.6 Å². The first-order valence-corrected chi connectivity index (χ1v) is 14.4. The van der Waals surface area contributed by atoms with Crippen molar-refractivity contribution in [2.75, 3.05) is 39.2 Å². The number of piperazine rings is 1. The number of hydrogen-bond donors (Lipinski definition) is 1. The van der Waals surface area contributed by atoms with Crippen LogP contribution in [0, 0.1) is 0 Å². The first-order chi connectivity index (χ1) is 19.7. The summed E-state index contributed by atoms with van der Waals surface area (Å²) in [6, 6.07) is 5.00. The number of rotatable bonds is 6. The second-order valence-electron chi connectivity index (χ2n) is 11.9. The van der Waals surface area contributed by atoms with Crippen LogP contribution in [0.3, 0.4) is 0 Å². The van der Waals surface area contributed by atoms with Gasteiger partial charge in [0.15, 0.2) is 5.82 Å². The first kappa shape index (κ1) is 31.2. The number of anilines is 1. The SMILES string of the molecule is COc1ccc(CNc2nccn3c(C4CN(C(=O)OC(C)(C)C)CCN4C(=O)OC(C)(C)C)nc(Br)c23)c(OC)c1. The third kappa shape index (κ3) is 7.18. The molecule has 1 aliphatic rings. The highest BCUT2D eigenvalue weighted by Crippen LogP contribution is 2.33. The molecule has 42 heavy (non-hydrogen) atoms. The number of amides is 2. The Kier molecular flexibility index (Phi) is 9.09. The Labute approximate surface area is 254 Å². The van der Waals surface area contributed by atoms with Crippen molar-refractivity contribution in [2.24, 2.45) is 0 Å². The predicted molar refractivity (Wildman–Crippen MR) is 161 cm³/mol. The third-order valence-electron chi connectivity index (χ3n) is 6.44. The molecule has 228 valence electrons. The molecule has 1 saturated heterocycles. The Morgan fingerprint density at radius 1 is 1.02 bits per heavy atom. The van der Waals surface area contributed by atoms with Gasteiger partial charge in [-0.1, -0.05) is 0 Å². The van der Waals surface area contributed by atoms with Crippen LogP contribution in [0.5, 0.6) is 11.5 Å². The zero-order valence-corrected chi connectivity index (χ0v) is 26.9. The number of methoxy groups -OCH3 is 2. The van der Waals surface area contributed by atoms with Crippen LogP contribution in [0.1, 0.15) is 59.0 Å². The van der Waals surface area contributed by atoms with Crippen LogP contribution in [0.2, 0.25) is 0 Å². The Balaban J connectivity index is 1.69. The van der Waals surface area contributed by atoms with E-state index in [0.29, 0.717) is 46.4 Å². The molecule has 0 saturated carbocycles. The standard InChI is InChI=1S/C29H39BrN6O6/c1-28(2,3)41-26(37)34-13-14-35(27(38)42-29(4,5)6)20(17-34)25-33-23(30)22-24(31-11-12-36(22)25)32-16-18-9-10-19(39-7)15-21(18)40-8/h9-12,15,20H,13-14,16-17H2,1-8H3,(H,31,32). The number of nitrogens with one attached hydrogen (secondary N) is 1. The van der Waals surface area contributed by atoms with E-state index in [9.17, 15) is 9.59 Å². The minimum atomic E-state index is -0.692. The summed E-state index contributed by atoms with van der Waals surface area (Å²) in [5, 5.41) is 3.38. The third-order valence-corrected chi connectivity index (χ3v) is 6.99. The van der Waals surface area contributed by atoms with E-state index >= 15 is 0 Å². The van der Waals surface area contributed by atoms with Crippen LogP contribution >= 0.6 is 15.9 Å². The molecule has 0 aliphatic carbocycles. The molecule has 0 radical (unpaired) electrons. The van der Waals surface area contributed by atoms with Gasteiger partial charge < -0.3 is 29.2 Å². The molecule has 12 nitrogen and oxygen atoms in total. The molecule has 3 aromatic rings. The smallest absolute Gasteiger partial charge is 0.411 e. The molecule has 2 aromatic heterocycles. The molecule has 0 bridgehead atoms. The number of halogens is 1. The zero-order valence-electron chi connectivity index (χ0n) is 25.4. The number of hydrogen-bond acceptors (Lipinski definition) is 9. The maximum absolute atomic E-state index is 13.4. The average molecular weight is 648 g/mol. The maximum Gasteiger partial charge on any atom is 0.411 e. The normalized spacial score (nSPS) is 15.9. The van der Waals surface area contributed by atoms with E-state index in [1.165, 1.54) is 0 Å². The van der Waals surface area contributed by atoms with Crippen molar-refractivity contribution >= 4 is 39.5 Å². The monoisotopic (exact) mass is 646 g/mol. The van der Waals surface area contributed by atoms with Gasteiger partial charge >= 0.3 is 12.2 Å². The van der Waals surface area contributed by atoms with Crippen molar-refractivity contribution in [3.8, 4) is 11.5 Å². The number of benzene rings is 1. The number of carbonyl (C=O) groups is 2. The highest BCUT2D eigenvalue weighted by molar-refractivity contribution is 9.10. The number of imidazole rings is 1. The fourth-order valence-electron chi connectivity index (χ4n) is 4.60. The number of carbonyl (C=O) groups excluding carboxylic acids is 2. The van der Waals surface area contributed by atoms with Gasteiger partial charge in [-0.2, -0.15) is 0 Å². The molecular weight excluding hydrogens is 608 g/mol. The lowest BCUT2D eigenvalue weighted by molar-refractivity contribution is -0.0164. The Hall–Kier alpha value is -3.74. The van der Waals surface area contributed by atoms with Gasteiger partial charge in [0.25, 0.3) is 0 Å². The van der Waals surface area contributed by atoms with E-state index in [4.69, 9.17) is 23.9 Å². The molecule has 1 atom stereocenters. The largest absolute Gasteiger partial charge is 0.497 e. The molecular formula is C29H39BrN6O6. The van der Waals surface area contributed by atoms with E-state index < -0.39 is 29.4 Å². The summed E-state index contributed by atoms with van der Waals surface area (Å²) < 4.78 is 24.6. The fourth-order valence-corrected chi connectivity index (χ4v) is 5.16. The maximum atomic E-state index is 13.4. The quantitative estimate of drug-likeness (QED) is 0.362. The van der Waals surface area contributed by atoms with Gasteiger partial charge in [-0.3, -0.25) is 9.30 Å². The topological polar surface area (TPSA) is 120 Å². The average Bonchev–Trinajstić information content (AvgIpc) is 3.26. The van der Waals surface area contributed by atoms with E-state index in [1.807, 2.05) is 64.1 Å². The lowest BCUT2D eigenvalue weighted by atomic mass is 10.1. The van der Waals surface area contributed by atoms with Crippen LogP contribution in [-0.4, -0.2) is 81.4 Å². The van der Waals surface area contributed by atoms with E-state index in [2.05, 4.69) is 26.2 Å². The van der Waals surface area contributed by atoms with E-state index in [0.717, 1.165) is 5.56 Å². The second kappa shape index (κ2) is 12.2. The summed E-state index contributed by atoms with van der Waals surface area (Å²) in [6.45, 7) is 12.1. The Morgan fingerprint density at radius 2 is 1.71 bits per heavy atom. The van der Waals surface area contributed by atoms with Gasteiger partial charge in [0, 0.05) is 43.7 Å². The van der Waals surface area contributed by atoms with Crippen molar-refractivity contribution in [3.05, 3.63) is 46.6 Å². The lowest BCUT2D eigenvalue weighted by Gasteiger charge is -2.41. The minimum absolute atomic E-state index is 0.174. The summed E-state index contributed by atoms with van der Waals surface area (Å²) in [7, 11) is 3.22. The number of nitrogens with zero attached hydrogens (tertiary/aromatic N) is 5. The van der Waals surface area contributed by atoms with Gasteiger partial charge in [-0.05, 0) is 69.6 Å². The fraction of sp³-hybridized carbons (Fsp3) is 0.517. The van der Waals surface area contributed by atoms with Gasteiger partial charge in [0.05, 0.1) is 20.8 Å². The number of ether oxygens (including phenoxy) is 4. The van der Waals surface area contributed by atoms with Gasteiger partial charge in [0.2, 0.25) is 0 Å². The van der Waals surface area contributed by atoms with E-state index in [1.54, 1.807) is 36.4 Å². The Morgan fingerprint density at radius 3 is 2.36 bits per heavy atom. The van der Waals surface area contributed by atoms with Crippen molar-refractivity contribution < 1.29 is 28.5 Å². The van der Waals surface area contributed by atoms with Crippen molar-refractivity contribution in [1.82, 2.24) is 24.2 Å². The first-order valence-electron chi connectivity index (χ1n) is 13.7. The molecule has 1 N–H and O–H groups in total. The summed E-state index contributed by atoms with van der Waals surface area (Å²) in [5.74, 6) is 2.49. The van der Waals surface area contributed by atoms with E-state index in [-0.39, 0.29) is 13.1 Å². The van der Waals surface area contributed by atoms with Crippen LogP contribution in [0.4, 0.5) is 15.4 Å². The Bertz CT molecular complexity index is 1450. The second-order valence-corrected chi connectivity index (χ2v) is 12.7. The lowest BCUT2D eigenvalue weighted by Crippen LogP contribution is -2.54. The van der Waals surface area contributed by atoms with Crippen LogP contribution in [0.25, 0.3) is 5.52 Å². The molecule has 1 aromatic carbocycles. The molecule has 1 aliphatic heterocycles. The minimum Gasteiger partial charge on any atom is -0.497 e. The van der Waals surface area contributed by atoms with Crippen LogP contribution in [-0.2, 0) is 16.0 Å². The van der Waals surface area contributed by atoms with Crippen molar-refractivity contribution in [2.45, 2.75) is 65.3 Å². The predicted octanol–water partition coefficient (Wildman–Crippen LogP) is 5.65. The summed E-state index contributed by atoms with van der Waals surface area (Å²) in [6.07, 6.45) is 2.50. The summed E-state index contributed by atoms with van der Waals surface area (Å²) in [4.78, 5) is 39.0. The molecule has 2 amide bonds. The molecule has 4 rings (SSSR count). The molecule has 3 heterocycles.